The summed E-state index contributed by atoms with van der Waals surface area (Å²) < 4.78 is 10.1. The van der Waals surface area contributed by atoms with Crippen molar-refractivity contribution in [3.05, 3.63) is 0 Å². The number of rotatable bonds is 7. The van der Waals surface area contributed by atoms with E-state index in [2.05, 4.69) is 5.32 Å². The van der Waals surface area contributed by atoms with E-state index in [0.29, 0.717) is 18.8 Å². The molecule has 22 heavy (non-hydrogen) atoms. The van der Waals surface area contributed by atoms with Gasteiger partial charge in [0.25, 0.3) is 0 Å². The predicted molar refractivity (Wildman–Crippen MR) is 84.4 cm³/mol. The third kappa shape index (κ3) is 5.48. The van der Waals surface area contributed by atoms with Gasteiger partial charge in [-0.15, -0.1) is 0 Å². The lowest BCUT2D eigenvalue weighted by Gasteiger charge is -2.45. The number of esters is 1. The second-order valence-electron chi connectivity index (χ2n) is 7.11. The highest BCUT2D eigenvalue weighted by Gasteiger charge is 2.52. The number of hydrogen-bond donors (Lipinski definition) is 2. The van der Waals surface area contributed by atoms with Gasteiger partial charge in [0.15, 0.2) is 0 Å². The first kappa shape index (κ1) is 18.7. The number of carbonyl (C=O) groups is 2. The fraction of sp³-hybridized carbons (Fsp3) is 0.875. The molecule has 1 aliphatic carbocycles. The van der Waals surface area contributed by atoms with Gasteiger partial charge in [0.05, 0.1) is 7.11 Å². The van der Waals surface area contributed by atoms with Crippen LogP contribution in [0.15, 0.2) is 0 Å². The Hall–Kier alpha value is -1.30. The molecule has 128 valence electrons. The fourth-order valence-corrected chi connectivity index (χ4v) is 2.90. The Morgan fingerprint density at radius 2 is 1.86 bits per heavy atom. The SMILES string of the molecule is COC(=O)C1(NC(=O)OC(C)(C)C)CC(CCCCCN)C1. The van der Waals surface area contributed by atoms with Crippen LogP contribution in [0.2, 0.25) is 0 Å². The van der Waals surface area contributed by atoms with Crippen molar-refractivity contribution in [2.75, 3.05) is 13.7 Å². The summed E-state index contributed by atoms with van der Waals surface area (Å²) in [6.07, 6.45) is 4.95. The molecule has 0 unspecified atom stereocenters. The molecule has 0 radical (unpaired) electrons. The molecule has 1 fully saturated rings. The second-order valence-corrected chi connectivity index (χ2v) is 7.11. The molecule has 1 rings (SSSR count). The molecule has 1 aliphatic rings. The van der Waals surface area contributed by atoms with Gasteiger partial charge in [-0.3, -0.25) is 0 Å². The zero-order valence-electron chi connectivity index (χ0n) is 14.2. The Morgan fingerprint density at radius 3 is 2.36 bits per heavy atom. The molecule has 0 spiro atoms. The lowest BCUT2D eigenvalue weighted by molar-refractivity contribution is -0.155. The van der Waals surface area contributed by atoms with Crippen LogP contribution >= 0.6 is 0 Å². The van der Waals surface area contributed by atoms with E-state index >= 15 is 0 Å². The first-order valence-corrected chi connectivity index (χ1v) is 8.02. The maximum Gasteiger partial charge on any atom is 0.408 e. The molecule has 0 aromatic heterocycles. The molecule has 1 amide bonds. The van der Waals surface area contributed by atoms with Crippen molar-refractivity contribution >= 4 is 12.1 Å². The van der Waals surface area contributed by atoms with E-state index in [1.165, 1.54) is 7.11 Å². The molecule has 0 atom stereocenters. The average molecular weight is 314 g/mol. The Kier molecular flexibility index (Phi) is 6.66. The number of unbranched alkanes of at least 4 members (excludes halogenated alkanes) is 2. The highest BCUT2D eigenvalue weighted by Crippen LogP contribution is 2.42. The minimum atomic E-state index is -0.921. The van der Waals surface area contributed by atoms with Gasteiger partial charge in [-0.25, -0.2) is 9.59 Å². The fourth-order valence-electron chi connectivity index (χ4n) is 2.90. The summed E-state index contributed by atoms with van der Waals surface area (Å²) in [5, 5.41) is 2.71. The van der Waals surface area contributed by atoms with Gasteiger partial charge in [-0.1, -0.05) is 19.3 Å². The Labute approximate surface area is 133 Å². The molecule has 0 aromatic rings. The van der Waals surface area contributed by atoms with Crippen molar-refractivity contribution in [2.45, 2.75) is 70.4 Å². The van der Waals surface area contributed by atoms with Crippen LogP contribution in [-0.2, 0) is 14.3 Å². The van der Waals surface area contributed by atoms with E-state index in [-0.39, 0.29) is 0 Å². The van der Waals surface area contributed by atoms with Crippen LogP contribution in [0, 0.1) is 5.92 Å². The van der Waals surface area contributed by atoms with Crippen molar-refractivity contribution in [3.8, 4) is 0 Å². The summed E-state index contributed by atoms with van der Waals surface area (Å²) in [5.74, 6) is 0.0448. The van der Waals surface area contributed by atoms with Gasteiger partial charge in [0, 0.05) is 0 Å². The highest BCUT2D eigenvalue weighted by molar-refractivity contribution is 5.87. The standard InChI is InChI=1S/C16H30N2O4/c1-15(2,3)22-14(20)18-16(13(19)21-4)10-12(11-16)8-6-5-7-9-17/h12H,5-11,17H2,1-4H3,(H,18,20). The number of alkyl carbamates (subject to hydrolysis) is 1. The van der Waals surface area contributed by atoms with Crippen LogP contribution in [-0.4, -0.2) is 36.9 Å². The van der Waals surface area contributed by atoms with E-state index in [0.717, 1.165) is 32.2 Å². The van der Waals surface area contributed by atoms with Gasteiger partial charge < -0.3 is 20.5 Å². The van der Waals surface area contributed by atoms with Crippen LogP contribution in [0.1, 0.15) is 59.3 Å². The number of hydrogen-bond acceptors (Lipinski definition) is 5. The smallest absolute Gasteiger partial charge is 0.408 e. The van der Waals surface area contributed by atoms with Crippen LogP contribution in [0.25, 0.3) is 0 Å². The summed E-state index contributed by atoms with van der Waals surface area (Å²) in [5.41, 5.74) is 3.96. The molecule has 0 heterocycles. The molecular formula is C16H30N2O4. The normalized spacial score (nSPS) is 24.3. The summed E-state index contributed by atoms with van der Waals surface area (Å²) in [6, 6.07) is 0. The number of ether oxygens (including phenoxy) is 2. The molecule has 0 aliphatic heterocycles. The molecular weight excluding hydrogens is 284 g/mol. The largest absolute Gasteiger partial charge is 0.467 e. The van der Waals surface area contributed by atoms with Gasteiger partial charge in [-0.2, -0.15) is 0 Å². The van der Waals surface area contributed by atoms with Crippen molar-refractivity contribution in [1.29, 1.82) is 0 Å². The average Bonchev–Trinajstić information content (AvgIpc) is 2.36. The number of amides is 1. The quantitative estimate of drug-likeness (QED) is 0.556. The van der Waals surface area contributed by atoms with Crippen molar-refractivity contribution in [1.82, 2.24) is 5.32 Å². The summed E-state index contributed by atoms with van der Waals surface area (Å²) in [4.78, 5) is 24.0. The monoisotopic (exact) mass is 314 g/mol. The Bertz CT molecular complexity index is 384. The Balaban J connectivity index is 2.50. The molecule has 0 aromatic carbocycles. The molecule has 0 bridgehead atoms. The first-order valence-electron chi connectivity index (χ1n) is 8.02. The maximum absolute atomic E-state index is 12.0. The lowest BCUT2D eigenvalue weighted by atomic mass is 9.66. The molecule has 3 N–H and O–H groups in total. The number of nitrogens with one attached hydrogen (secondary N) is 1. The topological polar surface area (TPSA) is 90.6 Å². The van der Waals surface area contributed by atoms with E-state index in [1.54, 1.807) is 20.8 Å². The van der Waals surface area contributed by atoms with Crippen LogP contribution in [0.3, 0.4) is 0 Å². The van der Waals surface area contributed by atoms with Gasteiger partial charge in [0.1, 0.15) is 11.1 Å². The van der Waals surface area contributed by atoms with E-state index in [9.17, 15) is 9.59 Å². The summed E-state index contributed by atoms with van der Waals surface area (Å²) in [7, 11) is 1.34. The maximum atomic E-state index is 12.0. The predicted octanol–water partition coefficient (Wildman–Crippen LogP) is 2.35. The van der Waals surface area contributed by atoms with E-state index < -0.39 is 23.2 Å². The summed E-state index contributed by atoms with van der Waals surface area (Å²) in [6.45, 7) is 6.09. The second kappa shape index (κ2) is 7.81. The minimum Gasteiger partial charge on any atom is -0.467 e. The van der Waals surface area contributed by atoms with Crippen molar-refractivity contribution in [3.63, 3.8) is 0 Å². The molecule has 6 heteroatoms. The van der Waals surface area contributed by atoms with E-state index in [1.807, 2.05) is 0 Å². The first-order chi connectivity index (χ1) is 10.2. The number of nitrogens with two attached hydrogens (primary N) is 1. The van der Waals surface area contributed by atoms with Crippen molar-refractivity contribution < 1.29 is 19.1 Å². The molecule has 1 saturated carbocycles. The lowest BCUT2D eigenvalue weighted by Crippen LogP contribution is -2.63. The third-order valence-electron chi connectivity index (χ3n) is 3.91. The Morgan fingerprint density at radius 1 is 1.23 bits per heavy atom. The highest BCUT2D eigenvalue weighted by atomic mass is 16.6. The van der Waals surface area contributed by atoms with Crippen LogP contribution in [0.4, 0.5) is 4.79 Å². The van der Waals surface area contributed by atoms with Crippen LogP contribution in [0.5, 0.6) is 0 Å². The summed E-state index contributed by atoms with van der Waals surface area (Å²) >= 11 is 0. The zero-order valence-corrected chi connectivity index (χ0v) is 14.2. The van der Waals surface area contributed by atoms with Gasteiger partial charge in [0.2, 0.25) is 0 Å². The zero-order chi connectivity index (χ0) is 16.8. The van der Waals surface area contributed by atoms with Crippen LogP contribution < -0.4 is 11.1 Å². The molecule has 6 nitrogen and oxygen atoms in total. The molecule has 0 saturated heterocycles. The van der Waals surface area contributed by atoms with E-state index in [4.69, 9.17) is 15.2 Å². The van der Waals surface area contributed by atoms with Gasteiger partial charge in [-0.05, 0) is 52.5 Å². The third-order valence-corrected chi connectivity index (χ3v) is 3.91. The van der Waals surface area contributed by atoms with Gasteiger partial charge >= 0.3 is 12.1 Å². The minimum absolute atomic E-state index is 0.392. The van der Waals surface area contributed by atoms with Crippen molar-refractivity contribution in [2.24, 2.45) is 11.7 Å². The number of methoxy groups -OCH3 is 1. The number of carbonyl (C=O) groups excluding carboxylic acids is 2.